The van der Waals surface area contributed by atoms with Crippen molar-refractivity contribution in [3.8, 4) is 5.75 Å². The first-order chi connectivity index (χ1) is 19.4. The van der Waals surface area contributed by atoms with E-state index in [0.717, 1.165) is 15.9 Å². The number of fused-ring (bicyclic) bond motifs is 4. The number of likely N-dealkylation sites (tertiary alicyclic amines) is 1. The summed E-state index contributed by atoms with van der Waals surface area (Å²) in [6.45, 7) is 0. The zero-order valence-electron chi connectivity index (χ0n) is 20.8. The molecule has 41 heavy (non-hydrogen) atoms. The van der Waals surface area contributed by atoms with Gasteiger partial charge in [0.05, 0.1) is 27.9 Å². The summed E-state index contributed by atoms with van der Waals surface area (Å²) in [5.74, 6) is -6.77. The van der Waals surface area contributed by atoms with Crippen LogP contribution in [0.1, 0.15) is 24.3 Å². The average Bonchev–Trinajstić information content (AvgIpc) is 3.28. The number of carbonyl (C=O) groups excluding carboxylic acids is 4. The number of imide groups is 2. The van der Waals surface area contributed by atoms with Crippen molar-refractivity contribution in [1.82, 2.24) is 4.90 Å². The van der Waals surface area contributed by atoms with Crippen molar-refractivity contribution >= 4 is 85.7 Å². The maximum Gasteiger partial charge on any atom is 0.271 e. The van der Waals surface area contributed by atoms with Gasteiger partial charge in [-0.25, -0.2) is 4.90 Å². The van der Waals surface area contributed by atoms with E-state index < -0.39 is 62.0 Å². The summed E-state index contributed by atoms with van der Waals surface area (Å²) in [6.07, 6.45) is 1.57. The number of carbonyl (C=O) groups is 4. The third-order valence-corrected chi connectivity index (χ3v) is 10.8. The molecule has 2 saturated heterocycles. The van der Waals surface area contributed by atoms with E-state index in [9.17, 15) is 34.4 Å². The third kappa shape index (κ3) is 3.68. The van der Waals surface area contributed by atoms with E-state index in [1.165, 1.54) is 36.4 Å². The number of nitrogens with zero attached hydrogens (tertiary/aromatic N) is 3. The van der Waals surface area contributed by atoms with Crippen molar-refractivity contribution in [2.75, 3.05) is 10.4 Å². The Labute approximate surface area is 256 Å². The van der Waals surface area contributed by atoms with Gasteiger partial charge in [-0.1, -0.05) is 45.2 Å². The number of benzene rings is 2. The van der Waals surface area contributed by atoms with Crippen LogP contribution in [0.5, 0.6) is 5.75 Å². The number of anilines is 1. The summed E-state index contributed by atoms with van der Waals surface area (Å²) in [5, 5.41) is 22.5. The number of nitro groups is 1. The van der Waals surface area contributed by atoms with Gasteiger partial charge in [-0.15, -0.1) is 23.2 Å². The predicted octanol–water partition coefficient (Wildman–Crippen LogP) is 4.87. The standard InChI is InChI=1S/C27H19BrCl3N3O7/c28-11-32-24(38)26(30)10-18-15(21(27(26,31)25(32)39)17-8-12(29)4-7-19(17)35)5-6-16-20(18)23(37)33(22(16)36)13-2-1-3-14(9-13)34(40)41/h1-5,7-9,16,18,20-21,35H,6,10-11H2. The van der Waals surface area contributed by atoms with Crippen LogP contribution in [-0.2, 0) is 19.2 Å². The topological polar surface area (TPSA) is 138 Å². The molecule has 2 aromatic rings. The Bertz CT molecular complexity index is 1620. The molecule has 2 aromatic carbocycles. The molecule has 212 valence electrons. The Balaban J connectivity index is 1.52. The molecule has 4 aliphatic rings. The minimum atomic E-state index is -2.08. The highest BCUT2D eigenvalue weighted by Crippen LogP contribution is 2.66. The first kappa shape index (κ1) is 28.1. The lowest BCUT2D eigenvalue weighted by Crippen LogP contribution is -2.60. The van der Waals surface area contributed by atoms with E-state index in [-0.39, 0.29) is 46.0 Å². The highest BCUT2D eigenvalue weighted by molar-refractivity contribution is 9.09. The molecule has 6 atom stereocenters. The van der Waals surface area contributed by atoms with E-state index in [0.29, 0.717) is 5.57 Å². The molecule has 4 amide bonds. The van der Waals surface area contributed by atoms with Gasteiger partial charge in [-0.2, -0.15) is 0 Å². The van der Waals surface area contributed by atoms with Crippen LogP contribution in [-0.4, -0.2) is 53.8 Å². The summed E-state index contributed by atoms with van der Waals surface area (Å²) in [6, 6.07) is 9.43. The van der Waals surface area contributed by atoms with E-state index in [1.807, 2.05) is 0 Å². The number of nitro benzene ring substituents is 1. The Hall–Kier alpha value is -2.99. The maximum atomic E-state index is 14.0. The van der Waals surface area contributed by atoms with Crippen molar-refractivity contribution < 1.29 is 29.2 Å². The number of hydrogen-bond donors (Lipinski definition) is 1. The number of halogens is 4. The molecule has 1 saturated carbocycles. The quantitative estimate of drug-likeness (QED) is 0.121. The minimum Gasteiger partial charge on any atom is -0.508 e. The molecular formula is C27H19BrCl3N3O7. The summed E-state index contributed by atoms with van der Waals surface area (Å²) < 4.78 is 0. The van der Waals surface area contributed by atoms with Crippen LogP contribution in [0.15, 0.2) is 54.1 Å². The Morgan fingerprint density at radius 3 is 2.46 bits per heavy atom. The number of rotatable bonds is 4. The van der Waals surface area contributed by atoms with Crippen molar-refractivity contribution in [2.24, 2.45) is 17.8 Å². The fourth-order valence-electron chi connectivity index (χ4n) is 6.86. The van der Waals surface area contributed by atoms with Crippen molar-refractivity contribution in [3.63, 3.8) is 0 Å². The van der Waals surface area contributed by atoms with Crippen LogP contribution in [0.25, 0.3) is 0 Å². The normalized spacial score (nSPS) is 32.5. The molecule has 1 N–H and O–H groups in total. The van der Waals surface area contributed by atoms with Crippen molar-refractivity contribution in [2.45, 2.75) is 28.5 Å². The molecule has 10 nitrogen and oxygen atoms in total. The molecule has 3 fully saturated rings. The molecule has 6 unspecified atom stereocenters. The number of alkyl halides is 3. The number of allylic oxidation sites excluding steroid dienone is 2. The summed E-state index contributed by atoms with van der Waals surface area (Å²) in [4.78, 5) is 63.4. The SMILES string of the molecule is O=C1C2CC=C3C(CC4(Cl)C(=O)N(CBr)C(=O)C4(Cl)C3c3cc(Cl)ccc3O)C2C(=O)N1c1cccc([N+](=O)[O-])c1. The minimum absolute atomic E-state index is 0.0508. The van der Waals surface area contributed by atoms with Gasteiger partial charge in [-0.05, 0) is 43.0 Å². The Morgan fingerprint density at radius 1 is 1.05 bits per heavy atom. The van der Waals surface area contributed by atoms with E-state index in [4.69, 9.17) is 34.8 Å². The second-order valence-corrected chi connectivity index (χ2v) is 12.7. The molecule has 14 heteroatoms. The zero-order chi connectivity index (χ0) is 29.6. The molecule has 0 bridgehead atoms. The summed E-state index contributed by atoms with van der Waals surface area (Å²) >= 11 is 23.7. The third-order valence-electron chi connectivity index (χ3n) is 8.61. The van der Waals surface area contributed by atoms with Crippen molar-refractivity contribution in [3.05, 3.63) is 74.8 Å². The molecule has 6 rings (SSSR count). The highest BCUT2D eigenvalue weighted by Gasteiger charge is 2.76. The molecule has 2 heterocycles. The van der Waals surface area contributed by atoms with Gasteiger partial charge in [0.25, 0.3) is 17.5 Å². The lowest BCUT2D eigenvalue weighted by molar-refractivity contribution is -0.384. The first-order valence-electron chi connectivity index (χ1n) is 12.5. The van der Waals surface area contributed by atoms with Crippen LogP contribution in [0, 0.1) is 27.9 Å². The fraction of sp³-hybridized carbons (Fsp3) is 0.333. The van der Waals surface area contributed by atoms with Gasteiger partial charge >= 0.3 is 0 Å². The van der Waals surface area contributed by atoms with E-state index >= 15 is 0 Å². The van der Waals surface area contributed by atoms with Gasteiger partial charge in [0.15, 0.2) is 9.75 Å². The van der Waals surface area contributed by atoms with Crippen LogP contribution in [0.2, 0.25) is 5.02 Å². The second kappa shape index (κ2) is 9.52. The maximum absolute atomic E-state index is 14.0. The van der Waals surface area contributed by atoms with E-state index in [2.05, 4.69) is 15.9 Å². The number of phenols is 1. The van der Waals surface area contributed by atoms with Crippen molar-refractivity contribution in [1.29, 1.82) is 0 Å². The molecule has 0 radical (unpaired) electrons. The van der Waals surface area contributed by atoms with Gasteiger partial charge in [-0.3, -0.25) is 34.2 Å². The predicted molar refractivity (Wildman–Crippen MR) is 152 cm³/mol. The van der Waals surface area contributed by atoms with Gasteiger partial charge in [0, 0.05) is 28.6 Å². The zero-order valence-corrected chi connectivity index (χ0v) is 24.7. The molecule has 0 aromatic heterocycles. The summed E-state index contributed by atoms with van der Waals surface area (Å²) in [7, 11) is 0. The van der Waals surface area contributed by atoms with Crippen LogP contribution in [0.4, 0.5) is 11.4 Å². The highest BCUT2D eigenvalue weighted by atomic mass is 79.9. The number of amides is 4. The average molecular weight is 684 g/mol. The molecule has 0 spiro atoms. The monoisotopic (exact) mass is 681 g/mol. The van der Waals surface area contributed by atoms with Crippen LogP contribution in [0.3, 0.4) is 0 Å². The molecular weight excluding hydrogens is 665 g/mol. The largest absolute Gasteiger partial charge is 0.508 e. The second-order valence-electron chi connectivity index (χ2n) is 10.5. The summed E-state index contributed by atoms with van der Waals surface area (Å²) in [5.41, 5.74) is 0.208. The number of aromatic hydroxyl groups is 1. The van der Waals surface area contributed by atoms with E-state index in [1.54, 1.807) is 6.08 Å². The Kier molecular flexibility index (Phi) is 6.53. The molecule has 2 aliphatic heterocycles. The lowest BCUT2D eigenvalue weighted by atomic mass is 9.56. The number of non-ortho nitro benzene ring substituents is 1. The van der Waals surface area contributed by atoms with Gasteiger partial charge in [0.2, 0.25) is 11.8 Å². The van der Waals surface area contributed by atoms with Crippen LogP contribution >= 0.6 is 50.7 Å². The first-order valence-corrected chi connectivity index (χ1v) is 14.7. The smallest absolute Gasteiger partial charge is 0.271 e. The fourth-order valence-corrected chi connectivity index (χ4v) is 8.45. The van der Waals surface area contributed by atoms with Gasteiger partial charge < -0.3 is 5.11 Å². The lowest BCUT2D eigenvalue weighted by Gasteiger charge is -2.50. The van der Waals surface area contributed by atoms with Crippen LogP contribution < -0.4 is 4.90 Å². The number of hydrogen-bond acceptors (Lipinski definition) is 7. The number of phenolic OH excluding ortho intramolecular Hbond substituents is 1. The Morgan fingerprint density at radius 2 is 1.78 bits per heavy atom. The van der Waals surface area contributed by atoms with Gasteiger partial charge in [0.1, 0.15) is 5.75 Å². The molecule has 2 aliphatic carbocycles.